The second-order valence-electron chi connectivity index (χ2n) is 3.85. The predicted molar refractivity (Wildman–Crippen MR) is 71.9 cm³/mol. The molecule has 0 unspecified atom stereocenters. The lowest BCUT2D eigenvalue weighted by molar-refractivity contribution is 0.466. The van der Waals surface area contributed by atoms with Crippen molar-refractivity contribution in [3.05, 3.63) is 45.0 Å². The Kier molecular flexibility index (Phi) is 3.47. The van der Waals surface area contributed by atoms with Gasteiger partial charge in [-0.2, -0.15) is 0 Å². The van der Waals surface area contributed by atoms with Gasteiger partial charge in [-0.25, -0.2) is 4.68 Å². The molecule has 1 heterocycles. The minimum atomic E-state index is -0.130. The number of aromatic nitrogens is 2. The van der Waals surface area contributed by atoms with E-state index in [-0.39, 0.29) is 11.1 Å². The summed E-state index contributed by atoms with van der Waals surface area (Å²) in [7, 11) is 1.63. The van der Waals surface area contributed by atoms with Gasteiger partial charge in [0.05, 0.1) is 10.8 Å². The molecule has 1 aromatic carbocycles. The summed E-state index contributed by atoms with van der Waals surface area (Å²) < 4.78 is 2.89. The van der Waals surface area contributed by atoms with Crippen molar-refractivity contribution in [1.82, 2.24) is 9.36 Å². The van der Waals surface area contributed by atoms with E-state index < -0.39 is 0 Å². The van der Waals surface area contributed by atoms with Gasteiger partial charge in [-0.05, 0) is 18.6 Å². The van der Waals surface area contributed by atoms with Crippen LogP contribution >= 0.6 is 15.9 Å². The Morgan fingerprint density at radius 2 is 1.71 bits per heavy atom. The highest BCUT2D eigenvalue weighted by Crippen LogP contribution is 2.03. The highest BCUT2D eigenvalue weighted by molar-refractivity contribution is 9.09. The van der Waals surface area contributed by atoms with E-state index in [0.717, 1.165) is 11.8 Å². The molecule has 0 N–H and O–H groups in total. The van der Waals surface area contributed by atoms with Crippen LogP contribution in [0.1, 0.15) is 6.42 Å². The van der Waals surface area contributed by atoms with Gasteiger partial charge < -0.3 is 0 Å². The van der Waals surface area contributed by atoms with Crippen LogP contribution in [0.15, 0.2) is 33.9 Å². The lowest BCUT2D eigenvalue weighted by atomic mass is 10.2. The number of hydrogen-bond donors (Lipinski definition) is 0. The van der Waals surface area contributed by atoms with Gasteiger partial charge >= 0.3 is 0 Å². The summed E-state index contributed by atoms with van der Waals surface area (Å²) in [5, 5.41) is 1.78. The number of rotatable bonds is 3. The zero-order chi connectivity index (χ0) is 12.4. The topological polar surface area (TPSA) is 44.0 Å². The smallest absolute Gasteiger partial charge is 0.267 e. The van der Waals surface area contributed by atoms with Crippen molar-refractivity contribution in [3.63, 3.8) is 0 Å². The SMILES string of the molecule is Cn1c(=O)c2ccccc2c(=O)n1CCCBr. The molecule has 0 fully saturated rings. The molecule has 2 rings (SSSR count). The Labute approximate surface area is 107 Å². The molecule has 0 radical (unpaired) electrons. The minimum absolute atomic E-state index is 0.108. The third-order valence-electron chi connectivity index (χ3n) is 2.78. The molecule has 0 amide bonds. The number of fused-ring (bicyclic) bond motifs is 1. The first-order valence-electron chi connectivity index (χ1n) is 5.41. The van der Waals surface area contributed by atoms with E-state index >= 15 is 0 Å². The number of alkyl halides is 1. The Morgan fingerprint density at radius 1 is 1.12 bits per heavy atom. The van der Waals surface area contributed by atoms with Gasteiger partial charge in [0, 0.05) is 18.9 Å². The molecule has 17 heavy (non-hydrogen) atoms. The normalized spacial score (nSPS) is 10.9. The van der Waals surface area contributed by atoms with Gasteiger partial charge in [-0.1, -0.05) is 28.1 Å². The van der Waals surface area contributed by atoms with Crippen molar-refractivity contribution in [2.75, 3.05) is 5.33 Å². The molecule has 0 bridgehead atoms. The van der Waals surface area contributed by atoms with Crippen LogP contribution in [0.2, 0.25) is 0 Å². The number of halogens is 1. The van der Waals surface area contributed by atoms with Gasteiger partial charge in [0.15, 0.2) is 0 Å². The zero-order valence-electron chi connectivity index (χ0n) is 9.52. The van der Waals surface area contributed by atoms with Gasteiger partial charge in [-0.15, -0.1) is 0 Å². The maximum absolute atomic E-state index is 12.2. The van der Waals surface area contributed by atoms with Gasteiger partial charge in [0.1, 0.15) is 0 Å². The summed E-state index contributed by atoms with van der Waals surface area (Å²) in [6, 6.07) is 6.93. The van der Waals surface area contributed by atoms with Crippen molar-refractivity contribution in [1.29, 1.82) is 0 Å². The summed E-state index contributed by atoms with van der Waals surface area (Å²) in [6.45, 7) is 0.542. The molecular weight excluding hydrogens is 284 g/mol. The minimum Gasteiger partial charge on any atom is -0.267 e. The molecule has 0 aliphatic heterocycles. The van der Waals surface area contributed by atoms with Crippen LogP contribution in [0, 0.1) is 0 Å². The summed E-state index contributed by atoms with van der Waals surface area (Å²) >= 11 is 3.32. The van der Waals surface area contributed by atoms with Gasteiger partial charge in [0.25, 0.3) is 11.1 Å². The van der Waals surface area contributed by atoms with Crippen LogP contribution in [-0.2, 0) is 13.6 Å². The zero-order valence-corrected chi connectivity index (χ0v) is 11.1. The fraction of sp³-hybridized carbons (Fsp3) is 0.333. The van der Waals surface area contributed by atoms with Crippen molar-refractivity contribution in [3.8, 4) is 0 Å². The van der Waals surface area contributed by atoms with Crippen molar-refractivity contribution in [2.45, 2.75) is 13.0 Å². The van der Waals surface area contributed by atoms with E-state index in [9.17, 15) is 9.59 Å². The Bertz CT molecular complexity index is 658. The van der Waals surface area contributed by atoms with Crippen molar-refractivity contribution >= 4 is 26.7 Å². The summed E-state index contributed by atoms with van der Waals surface area (Å²) in [6.07, 6.45) is 0.811. The molecule has 0 saturated heterocycles. The van der Waals surface area contributed by atoms with Gasteiger partial charge in [-0.3, -0.25) is 14.3 Å². The molecular formula is C12H13BrN2O2. The highest BCUT2D eigenvalue weighted by Gasteiger charge is 2.09. The van der Waals surface area contributed by atoms with E-state index in [4.69, 9.17) is 0 Å². The van der Waals surface area contributed by atoms with Crippen molar-refractivity contribution < 1.29 is 0 Å². The first kappa shape index (κ1) is 12.1. The fourth-order valence-electron chi connectivity index (χ4n) is 1.88. The maximum Gasteiger partial charge on any atom is 0.273 e. The Hall–Kier alpha value is -1.36. The first-order chi connectivity index (χ1) is 8.16. The molecule has 5 heteroatoms. The Balaban J connectivity index is 2.78. The molecule has 0 atom stereocenters. The maximum atomic E-state index is 12.2. The van der Waals surface area contributed by atoms with E-state index in [0.29, 0.717) is 17.3 Å². The average molecular weight is 297 g/mol. The Morgan fingerprint density at radius 3 is 2.29 bits per heavy atom. The van der Waals surface area contributed by atoms with Crippen LogP contribution in [0.4, 0.5) is 0 Å². The summed E-state index contributed by atoms with van der Waals surface area (Å²) in [5.41, 5.74) is -0.238. The molecule has 90 valence electrons. The van der Waals surface area contributed by atoms with Crippen LogP contribution in [0.3, 0.4) is 0 Å². The molecule has 0 saturated carbocycles. The monoisotopic (exact) mass is 296 g/mol. The quantitative estimate of drug-likeness (QED) is 0.806. The lowest BCUT2D eigenvalue weighted by Gasteiger charge is -2.12. The van der Waals surface area contributed by atoms with Crippen molar-refractivity contribution in [2.24, 2.45) is 7.05 Å². The van der Waals surface area contributed by atoms with Crippen LogP contribution in [0.25, 0.3) is 10.8 Å². The standard InChI is InChI=1S/C12H13BrN2O2/c1-14-11(16)9-5-2-3-6-10(9)12(17)15(14)8-4-7-13/h2-3,5-6H,4,7-8H2,1H3. The van der Waals surface area contributed by atoms with E-state index in [1.165, 1.54) is 9.36 Å². The fourth-order valence-corrected chi connectivity index (χ4v) is 2.13. The summed E-state index contributed by atoms with van der Waals surface area (Å²) in [4.78, 5) is 24.3. The molecule has 4 nitrogen and oxygen atoms in total. The summed E-state index contributed by atoms with van der Waals surface area (Å²) in [5.74, 6) is 0. The number of hydrogen-bond acceptors (Lipinski definition) is 2. The van der Waals surface area contributed by atoms with E-state index in [1.807, 2.05) is 0 Å². The second-order valence-corrected chi connectivity index (χ2v) is 4.64. The number of nitrogens with zero attached hydrogens (tertiary/aromatic N) is 2. The third-order valence-corrected chi connectivity index (χ3v) is 3.34. The highest BCUT2D eigenvalue weighted by atomic mass is 79.9. The first-order valence-corrected chi connectivity index (χ1v) is 6.53. The molecule has 0 spiro atoms. The molecule has 2 aromatic rings. The second kappa shape index (κ2) is 4.87. The largest absolute Gasteiger partial charge is 0.273 e. The van der Waals surface area contributed by atoms with E-state index in [2.05, 4.69) is 15.9 Å². The van der Waals surface area contributed by atoms with E-state index in [1.54, 1.807) is 31.3 Å². The predicted octanol–water partition coefficient (Wildman–Crippen LogP) is 1.49. The third kappa shape index (κ3) is 2.07. The average Bonchev–Trinajstić information content (AvgIpc) is 2.36. The van der Waals surface area contributed by atoms with Crippen LogP contribution in [0.5, 0.6) is 0 Å². The molecule has 0 aliphatic rings. The van der Waals surface area contributed by atoms with Gasteiger partial charge in [0.2, 0.25) is 0 Å². The lowest BCUT2D eigenvalue weighted by Crippen LogP contribution is -2.37. The van der Waals surface area contributed by atoms with Crippen LogP contribution in [-0.4, -0.2) is 14.7 Å². The molecule has 0 aliphatic carbocycles. The van der Waals surface area contributed by atoms with Crippen LogP contribution < -0.4 is 11.1 Å². The number of benzene rings is 1. The molecule has 1 aromatic heterocycles.